The van der Waals surface area contributed by atoms with E-state index in [1.807, 2.05) is 0 Å². The smallest absolute Gasteiger partial charge is 0.00390 e. The van der Waals surface area contributed by atoms with Crippen LogP contribution in [0, 0.1) is 5.92 Å². The Labute approximate surface area is 56.6 Å². The Balaban J connectivity index is 2.18. The average molecular weight is 128 g/mol. The van der Waals surface area contributed by atoms with Crippen molar-refractivity contribution in [3.8, 4) is 0 Å². The quantitative estimate of drug-likeness (QED) is 0.539. The Morgan fingerprint density at radius 1 is 1.11 bits per heavy atom. The van der Waals surface area contributed by atoms with Crippen LogP contribution < -0.4 is 11.5 Å². The Kier molecular flexibility index (Phi) is 2.49. The summed E-state index contributed by atoms with van der Waals surface area (Å²) < 4.78 is 0. The molecule has 0 bridgehead atoms. The van der Waals surface area contributed by atoms with Crippen LogP contribution in [0.5, 0.6) is 0 Å². The van der Waals surface area contributed by atoms with E-state index in [4.69, 9.17) is 11.5 Å². The molecule has 0 aliphatic heterocycles. The molecule has 0 spiro atoms. The van der Waals surface area contributed by atoms with Gasteiger partial charge in [-0.05, 0) is 38.1 Å². The van der Waals surface area contributed by atoms with Gasteiger partial charge in [-0.3, -0.25) is 0 Å². The van der Waals surface area contributed by atoms with Gasteiger partial charge in [0.05, 0.1) is 0 Å². The lowest BCUT2D eigenvalue weighted by molar-refractivity contribution is 0.333. The molecule has 1 saturated carbocycles. The molecule has 0 aromatic heterocycles. The fourth-order valence-corrected chi connectivity index (χ4v) is 1.42. The Bertz CT molecular complexity index is 75.0. The third-order valence-electron chi connectivity index (χ3n) is 2.22. The molecule has 0 unspecified atom stereocenters. The predicted octanol–water partition coefficient (Wildman–Crippen LogP) is 0.463. The van der Waals surface area contributed by atoms with Gasteiger partial charge in [0, 0.05) is 6.04 Å². The van der Waals surface area contributed by atoms with Crippen LogP contribution in [0.1, 0.15) is 25.7 Å². The molecule has 1 aliphatic rings. The first-order valence-corrected chi connectivity index (χ1v) is 3.78. The zero-order valence-corrected chi connectivity index (χ0v) is 5.84. The van der Waals surface area contributed by atoms with Crippen LogP contribution >= 0.6 is 0 Å². The second kappa shape index (κ2) is 3.18. The zero-order chi connectivity index (χ0) is 6.69. The average Bonchev–Trinajstić information content (AvgIpc) is 1.90. The van der Waals surface area contributed by atoms with Gasteiger partial charge in [0.25, 0.3) is 0 Å². The van der Waals surface area contributed by atoms with Crippen molar-refractivity contribution in [2.24, 2.45) is 17.4 Å². The highest BCUT2D eigenvalue weighted by molar-refractivity contribution is 4.74. The van der Waals surface area contributed by atoms with Crippen molar-refractivity contribution >= 4 is 0 Å². The molecule has 0 atom stereocenters. The Morgan fingerprint density at radius 3 is 2.11 bits per heavy atom. The maximum Gasteiger partial charge on any atom is 0.00390 e. The summed E-state index contributed by atoms with van der Waals surface area (Å²) in [7, 11) is 0. The second-order valence-electron chi connectivity index (χ2n) is 3.02. The molecule has 2 nitrogen and oxygen atoms in total. The predicted molar refractivity (Wildman–Crippen MR) is 39.0 cm³/mol. The molecule has 0 saturated heterocycles. The van der Waals surface area contributed by atoms with E-state index < -0.39 is 0 Å². The molecule has 0 aromatic carbocycles. The summed E-state index contributed by atoms with van der Waals surface area (Å²) in [5.41, 5.74) is 11.2. The van der Waals surface area contributed by atoms with Crippen molar-refractivity contribution in [3.63, 3.8) is 0 Å². The fourth-order valence-electron chi connectivity index (χ4n) is 1.42. The topological polar surface area (TPSA) is 52.0 Å². The summed E-state index contributed by atoms with van der Waals surface area (Å²) in [4.78, 5) is 0. The van der Waals surface area contributed by atoms with E-state index in [2.05, 4.69) is 0 Å². The third-order valence-corrected chi connectivity index (χ3v) is 2.22. The maximum atomic E-state index is 5.71. The molecular formula is C7H16N2. The van der Waals surface area contributed by atoms with Crippen LogP contribution in [-0.4, -0.2) is 12.6 Å². The summed E-state index contributed by atoms with van der Waals surface area (Å²) in [5.74, 6) is 0.768. The summed E-state index contributed by atoms with van der Waals surface area (Å²) in [5, 5.41) is 0. The van der Waals surface area contributed by atoms with E-state index in [0.29, 0.717) is 6.04 Å². The SMILES string of the molecule is NC[C@H]1CC[C@@H](N)CC1. The molecule has 4 N–H and O–H groups in total. The Hall–Kier alpha value is -0.0800. The molecule has 0 heterocycles. The minimum Gasteiger partial charge on any atom is -0.330 e. The molecule has 9 heavy (non-hydrogen) atoms. The van der Waals surface area contributed by atoms with Gasteiger partial charge in [0.1, 0.15) is 0 Å². The summed E-state index contributed by atoms with van der Waals surface area (Å²) in [6.07, 6.45) is 4.86. The first-order valence-electron chi connectivity index (χ1n) is 3.78. The highest BCUT2D eigenvalue weighted by atomic mass is 14.6. The van der Waals surface area contributed by atoms with Crippen LogP contribution in [0.25, 0.3) is 0 Å². The van der Waals surface area contributed by atoms with Gasteiger partial charge in [-0.1, -0.05) is 0 Å². The van der Waals surface area contributed by atoms with Crippen LogP contribution in [0.3, 0.4) is 0 Å². The van der Waals surface area contributed by atoms with Gasteiger partial charge in [0.2, 0.25) is 0 Å². The number of nitrogens with two attached hydrogens (primary N) is 2. The number of rotatable bonds is 1. The van der Waals surface area contributed by atoms with Crippen molar-refractivity contribution in [1.82, 2.24) is 0 Å². The van der Waals surface area contributed by atoms with E-state index in [1.165, 1.54) is 25.7 Å². The van der Waals surface area contributed by atoms with Crippen molar-refractivity contribution in [1.29, 1.82) is 0 Å². The highest BCUT2D eigenvalue weighted by Crippen LogP contribution is 2.21. The van der Waals surface area contributed by atoms with Crippen molar-refractivity contribution in [2.45, 2.75) is 31.7 Å². The molecule has 1 fully saturated rings. The van der Waals surface area contributed by atoms with Gasteiger partial charge >= 0.3 is 0 Å². The van der Waals surface area contributed by atoms with Crippen LogP contribution in [0.2, 0.25) is 0 Å². The largest absolute Gasteiger partial charge is 0.330 e. The van der Waals surface area contributed by atoms with Gasteiger partial charge in [-0.2, -0.15) is 0 Å². The lowest BCUT2D eigenvalue weighted by Gasteiger charge is -2.24. The minimum atomic E-state index is 0.466. The summed E-state index contributed by atoms with van der Waals surface area (Å²) >= 11 is 0. The number of hydrogen-bond donors (Lipinski definition) is 2. The normalized spacial score (nSPS) is 36.7. The summed E-state index contributed by atoms with van der Waals surface area (Å²) in [6, 6.07) is 0.466. The van der Waals surface area contributed by atoms with Gasteiger partial charge < -0.3 is 11.5 Å². The van der Waals surface area contributed by atoms with Crippen molar-refractivity contribution in [3.05, 3.63) is 0 Å². The molecule has 54 valence electrons. The fraction of sp³-hybridized carbons (Fsp3) is 1.00. The summed E-state index contributed by atoms with van der Waals surface area (Å²) in [6.45, 7) is 0.854. The molecule has 2 heteroatoms. The minimum absolute atomic E-state index is 0.466. The van der Waals surface area contributed by atoms with Crippen molar-refractivity contribution < 1.29 is 0 Å². The first-order chi connectivity index (χ1) is 4.33. The van der Waals surface area contributed by atoms with E-state index in [0.717, 1.165) is 12.5 Å². The van der Waals surface area contributed by atoms with Crippen LogP contribution in [0.15, 0.2) is 0 Å². The monoisotopic (exact) mass is 128 g/mol. The second-order valence-corrected chi connectivity index (χ2v) is 3.02. The van der Waals surface area contributed by atoms with Gasteiger partial charge in [-0.15, -0.1) is 0 Å². The Morgan fingerprint density at radius 2 is 1.67 bits per heavy atom. The molecule has 1 aliphatic carbocycles. The maximum absolute atomic E-state index is 5.71. The van der Waals surface area contributed by atoms with Gasteiger partial charge in [0.15, 0.2) is 0 Å². The van der Waals surface area contributed by atoms with Crippen LogP contribution in [0.4, 0.5) is 0 Å². The molecule has 0 amide bonds. The first kappa shape index (κ1) is 7.03. The molecule has 0 radical (unpaired) electrons. The lowest BCUT2D eigenvalue weighted by Crippen LogP contribution is -2.29. The van der Waals surface area contributed by atoms with E-state index in [1.54, 1.807) is 0 Å². The highest BCUT2D eigenvalue weighted by Gasteiger charge is 2.16. The third kappa shape index (κ3) is 1.95. The molecule has 1 rings (SSSR count). The van der Waals surface area contributed by atoms with Crippen LogP contribution in [-0.2, 0) is 0 Å². The molecule has 0 aromatic rings. The zero-order valence-electron chi connectivity index (χ0n) is 5.84. The van der Waals surface area contributed by atoms with Gasteiger partial charge in [-0.25, -0.2) is 0 Å². The van der Waals surface area contributed by atoms with E-state index in [-0.39, 0.29) is 0 Å². The standard InChI is InChI=1S/C7H16N2/c8-5-6-1-3-7(9)4-2-6/h6-7H,1-5,8-9H2/t6-,7+. The van der Waals surface area contributed by atoms with E-state index >= 15 is 0 Å². The molecular weight excluding hydrogens is 112 g/mol. The van der Waals surface area contributed by atoms with Crippen molar-refractivity contribution in [2.75, 3.05) is 6.54 Å². The lowest BCUT2D eigenvalue weighted by atomic mass is 9.87. The number of hydrogen-bond acceptors (Lipinski definition) is 2. The van der Waals surface area contributed by atoms with E-state index in [9.17, 15) is 0 Å².